The largest absolute Gasteiger partial charge is 0.270 e. The molecule has 0 saturated heterocycles. The van der Waals surface area contributed by atoms with Crippen molar-refractivity contribution >= 4 is 22.1 Å². The topological polar surface area (TPSA) is 26.6 Å². The minimum Gasteiger partial charge on any atom is -0.261 e. The van der Waals surface area contributed by atoms with Crippen molar-refractivity contribution in [3.63, 3.8) is 0 Å². The summed E-state index contributed by atoms with van der Waals surface area (Å²) in [5.41, 5.74) is 5.54. The third-order valence-electron chi connectivity index (χ3n) is 5.27. The van der Waals surface area contributed by atoms with E-state index in [1.807, 2.05) is 36.4 Å². The number of rotatable bonds is 1. The van der Waals surface area contributed by atoms with Crippen LogP contribution in [0, 0.1) is 0 Å². The number of aromatic nitrogens is 4. The molecule has 4 nitrogen and oxygen atoms in total. The Balaban J connectivity index is 1.89. The molecule has 0 fully saturated rings. The molecule has 5 aromatic rings. The van der Waals surface area contributed by atoms with Crippen LogP contribution in [-0.4, -0.2) is 14.1 Å². The number of hydrogen-bond acceptors (Lipinski definition) is 1. The van der Waals surface area contributed by atoms with Gasteiger partial charge in [-0.25, -0.2) is 9.13 Å². The average Bonchev–Trinajstić information content (AvgIpc) is 3.34. The van der Waals surface area contributed by atoms with Crippen LogP contribution in [0.15, 0.2) is 73.1 Å². The lowest BCUT2D eigenvalue weighted by Gasteiger charge is -2.04. The lowest BCUT2D eigenvalue weighted by Crippen LogP contribution is -2.33. The van der Waals surface area contributed by atoms with Crippen molar-refractivity contribution in [2.75, 3.05) is 0 Å². The molecule has 124 valence electrons. The molecule has 1 aliphatic rings. The predicted octanol–water partition coefficient (Wildman–Crippen LogP) is 3.83. The van der Waals surface area contributed by atoms with Crippen molar-refractivity contribution in [1.82, 2.24) is 14.1 Å². The summed E-state index contributed by atoms with van der Waals surface area (Å²) in [4.78, 5) is 4.21. The van der Waals surface area contributed by atoms with Gasteiger partial charge in [-0.15, -0.1) is 0 Å². The van der Waals surface area contributed by atoms with Crippen LogP contribution in [0.25, 0.3) is 39.1 Å². The summed E-state index contributed by atoms with van der Waals surface area (Å²) >= 11 is 0. The van der Waals surface area contributed by atoms with Crippen molar-refractivity contribution < 1.29 is 8.68 Å². The normalized spacial score (nSPS) is 14.8. The van der Waals surface area contributed by atoms with Gasteiger partial charge in [0, 0.05) is 11.8 Å². The maximum Gasteiger partial charge on any atom is 0.270 e. The van der Waals surface area contributed by atoms with Gasteiger partial charge in [-0.05, 0) is 24.3 Å². The first-order valence-electron chi connectivity index (χ1n) is 10.1. The van der Waals surface area contributed by atoms with Crippen molar-refractivity contribution in [3.05, 3.63) is 78.6 Å². The fourth-order valence-electron chi connectivity index (χ4n) is 4.19. The predicted molar refractivity (Wildman–Crippen MR) is 102 cm³/mol. The van der Waals surface area contributed by atoms with E-state index in [4.69, 9.17) is 4.11 Å². The highest BCUT2D eigenvalue weighted by Crippen LogP contribution is 2.37. The SMILES string of the molecule is [2H]C([2H])([2H])n1c2cnccc2c2c1[n+]1c(n2-c2ccccc2)-c2ccccc2C1. The summed E-state index contributed by atoms with van der Waals surface area (Å²) in [5.74, 6) is 1.01. The summed E-state index contributed by atoms with van der Waals surface area (Å²) in [5, 5.41) is 0.884. The van der Waals surface area contributed by atoms with Gasteiger partial charge >= 0.3 is 0 Å². The molecule has 0 aliphatic carbocycles. The smallest absolute Gasteiger partial charge is 0.261 e. The summed E-state index contributed by atoms with van der Waals surface area (Å²) in [6, 6.07) is 20.3. The van der Waals surface area contributed by atoms with Crippen LogP contribution in [0.5, 0.6) is 0 Å². The third kappa shape index (κ3) is 1.59. The van der Waals surface area contributed by atoms with Gasteiger partial charge in [-0.2, -0.15) is 0 Å². The van der Waals surface area contributed by atoms with Crippen LogP contribution in [-0.2, 0) is 13.5 Å². The molecular formula is C22H17N4+. The molecule has 1 aliphatic heterocycles. The Bertz CT molecular complexity index is 1410. The Morgan fingerprint density at radius 3 is 2.77 bits per heavy atom. The van der Waals surface area contributed by atoms with E-state index >= 15 is 0 Å². The highest BCUT2D eigenvalue weighted by molar-refractivity contribution is 6.05. The Hall–Kier alpha value is -3.40. The second-order valence-electron chi connectivity index (χ2n) is 6.64. The molecule has 26 heavy (non-hydrogen) atoms. The Kier molecular flexibility index (Phi) is 2.09. The van der Waals surface area contributed by atoms with Crippen LogP contribution >= 0.6 is 0 Å². The fourth-order valence-corrected chi connectivity index (χ4v) is 4.19. The van der Waals surface area contributed by atoms with E-state index in [2.05, 4.69) is 38.4 Å². The van der Waals surface area contributed by atoms with Crippen LogP contribution in [0.1, 0.15) is 9.68 Å². The number of benzene rings is 2. The quantitative estimate of drug-likeness (QED) is 0.418. The Morgan fingerprint density at radius 1 is 1.04 bits per heavy atom. The van der Waals surface area contributed by atoms with Crippen molar-refractivity contribution in [2.24, 2.45) is 6.98 Å². The van der Waals surface area contributed by atoms with Gasteiger partial charge < -0.3 is 0 Å². The first-order chi connectivity index (χ1) is 14.1. The van der Waals surface area contributed by atoms with Gasteiger partial charge in [0.1, 0.15) is 11.2 Å². The number of pyridine rings is 1. The maximum absolute atomic E-state index is 8.24. The number of aryl methyl sites for hydroxylation is 1. The molecule has 4 heterocycles. The molecule has 0 unspecified atom stereocenters. The first kappa shape index (κ1) is 11.3. The summed E-state index contributed by atoms with van der Waals surface area (Å²) < 4.78 is 30.5. The van der Waals surface area contributed by atoms with Gasteiger partial charge in [-0.1, -0.05) is 36.4 Å². The van der Waals surface area contributed by atoms with Crippen LogP contribution < -0.4 is 4.57 Å². The Morgan fingerprint density at radius 2 is 1.88 bits per heavy atom. The molecule has 0 spiro atoms. The van der Waals surface area contributed by atoms with E-state index in [0.29, 0.717) is 17.7 Å². The van der Waals surface area contributed by atoms with Crippen LogP contribution in [0.2, 0.25) is 0 Å². The zero-order valence-electron chi connectivity index (χ0n) is 16.9. The second kappa shape index (κ2) is 4.82. The minimum atomic E-state index is -2.32. The second-order valence-corrected chi connectivity index (χ2v) is 6.64. The van der Waals surface area contributed by atoms with Crippen molar-refractivity contribution in [1.29, 1.82) is 0 Å². The summed E-state index contributed by atoms with van der Waals surface area (Å²) in [7, 11) is 0. The summed E-state index contributed by atoms with van der Waals surface area (Å²) in [6.07, 6.45) is 3.36. The first-order valence-corrected chi connectivity index (χ1v) is 8.62. The highest BCUT2D eigenvalue weighted by Gasteiger charge is 2.36. The van der Waals surface area contributed by atoms with Gasteiger partial charge in [0.25, 0.3) is 5.65 Å². The highest BCUT2D eigenvalue weighted by atomic mass is 15.3. The van der Waals surface area contributed by atoms with Gasteiger partial charge in [0.05, 0.1) is 34.8 Å². The number of para-hydroxylation sites is 1. The lowest BCUT2D eigenvalue weighted by atomic mass is 10.1. The molecule has 3 aromatic heterocycles. The Labute approximate surface area is 154 Å². The standard InChI is InChI=1S/C22H17N4/c1-24-19-13-23-12-11-18(19)20-22(24)25-14-15-7-5-6-10-17(15)21(25)26(20)16-8-3-2-4-9-16/h2-13H,14H2,1H3/q+1/i1D3. The number of imidazole rings is 1. The number of hydrogen-bond donors (Lipinski definition) is 0. The maximum atomic E-state index is 8.24. The van der Waals surface area contributed by atoms with E-state index in [0.717, 1.165) is 28.0 Å². The third-order valence-corrected chi connectivity index (χ3v) is 5.27. The molecule has 0 bridgehead atoms. The molecule has 4 heteroatoms. The van der Waals surface area contributed by atoms with E-state index in [-0.39, 0.29) is 0 Å². The molecule has 6 rings (SSSR count). The van der Waals surface area contributed by atoms with E-state index in [1.165, 1.54) is 10.1 Å². The number of nitrogens with zero attached hydrogens (tertiary/aromatic N) is 4. The van der Waals surface area contributed by atoms with E-state index < -0.39 is 6.98 Å². The fraction of sp³-hybridized carbons (Fsp3) is 0.0909. The van der Waals surface area contributed by atoms with Gasteiger partial charge in [0.15, 0.2) is 5.52 Å². The van der Waals surface area contributed by atoms with Crippen molar-refractivity contribution in [2.45, 2.75) is 6.54 Å². The molecule has 0 atom stereocenters. The molecule has 0 radical (unpaired) electrons. The van der Waals surface area contributed by atoms with Crippen LogP contribution in [0.3, 0.4) is 0 Å². The number of fused-ring (bicyclic) bond motifs is 7. The minimum absolute atomic E-state index is 0.619. The molecular weight excluding hydrogens is 320 g/mol. The average molecular weight is 340 g/mol. The summed E-state index contributed by atoms with van der Waals surface area (Å²) in [6.45, 7) is -1.68. The lowest BCUT2D eigenvalue weighted by molar-refractivity contribution is -0.648. The van der Waals surface area contributed by atoms with E-state index in [1.54, 1.807) is 12.4 Å². The monoisotopic (exact) mass is 340 g/mol. The molecule has 2 aromatic carbocycles. The van der Waals surface area contributed by atoms with Gasteiger partial charge in [-0.3, -0.25) is 9.55 Å². The van der Waals surface area contributed by atoms with Gasteiger partial charge in [0.2, 0.25) is 5.82 Å². The zero-order valence-corrected chi connectivity index (χ0v) is 13.9. The van der Waals surface area contributed by atoms with Crippen molar-refractivity contribution in [3.8, 4) is 17.1 Å². The van der Waals surface area contributed by atoms with Crippen LogP contribution in [0.4, 0.5) is 0 Å². The zero-order chi connectivity index (χ0) is 19.8. The van der Waals surface area contributed by atoms with E-state index in [9.17, 15) is 0 Å². The molecule has 0 saturated carbocycles. The molecule has 0 N–H and O–H groups in total. The molecule has 0 amide bonds.